The number of benzene rings is 1. The van der Waals surface area contributed by atoms with E-state index in [1.165, 1.54) is 20.8 Å². The highest BCUT2D eigenvalue weighted by molar-refractivity contribution is 5.87. The summed E-state index contributed by atoms with van der Waals surface area (Å²) < 4.78 is 87.0. The van der Waals surface area contributed by atoms with Crippen LogP contribution in [0.5, 0.6) is 0 Å². The van der Waals surface area contributed by atoms with Crippen LogP contribution in [0.4, 0.5) is 31.1 Å². The lowest BCUT2D eigenvalue weighted by Gasteiger charge is -2.44. The highest BCUT2D eigenvalue weighted by Gasteiger charge is 2.47. The van der Waals surface area contributed by atoms with Crippen LogP contribution in [-0.2, 0) is 9.53 Å². The zero-order valence-corrected chi connectivity index (χ0v) is 16.7. The van der Waals surface area contributed by atoms with Gasteiger partial charge >= 0.3 is 6.09 Å². The van der Waals surface area contributed by atoms with Crippen LogP contribution in [0.25, 0.3) is 0 Å². The lowest BCUT2D eigenvalue weighted by Crippen LogP contribution is -2.61. The van der Waals surface area contributed by atoms with Crippen LogP contribution in [0.2, 0.25) is 0 Å². The topological polar surface area (TPSA) is 58.6 Å². The Bertz CT molecular complexity index is 814. The van der Waals surface area contributed by atoms with Crippen LogP contribution in [0.1, 0.15) is 45.6 Å². The molecule has 1 aliphatic heterocycles. The molecule has 11 heteroatoms. The van der Waals surface area contributed by atoms with E-state index < -0.39 is 77.8 Å². The summed E-state index contributed by atoms with van der Waals surface area (Å²) in [6.45, 7) is 5.76. The zero-order valence-electron chi connectivity index (χ0n) is 16.7. The number of amides is 2. The van der Waals surface area contributed by atoms with Gasteiger partial charge in [0.2, 0.25) is 12.2 Å². The molecule has 1 N–H and O–H groups in total. The lowest BCUT2D eigenvalue weighted by molar-refractivity contribution is -0.157. The van der Waals surface area contributed by atoms with E-state index in [4.69, 9.17) is 4.74 Å². The molecule has 0 aliphatic carbocycles. The van der Waals surface area contributed by atoms with Gasteiger partial charge in [-0.15, -0.1) is 0 Å². The molecule has 1 heterocycles. The van der Waals surface area contributed by atoms with Crippen molar-refractivity contribution in [2.45, 2.75) is 70.4 Å². The van der Waals surface area contributed by atoms with Gasteiger partial charge in [0.25, 0.3) is 6.43 Å². The van der Waals surface area contributed by atoms with Crippen molar-refractivity contribution in [2.75, 3.05) is 0 Å². The Hall–Kier alpha value is -2.46. The van der Waals surface area contributed by atoms with E-state index in [-0.39, 0.29) is 4.90 Å². The highest BCUT2D eigenvalue weighted by atomic mass is 19.3. The molecule has 0 saturated carbocycles. The third-order valence-corrected chi connectivity index (χ3v) is 4.65. The summed E-state index contributed by atoms with van der Waals surface area (Å²) in [7, 11) is 0. The fourth-order valence-electron chi connectivity index (χ4n) is 3.40. The van der Waals surface area contributed by atoms with Crippen molar-refractivity contribution in [1.82, 2.24) is 10.2 Å². The maximum atomic E-state index is 14.3. The minimum atomic E-state index is -3.59. The van der Waals surface area contributed by atoms with Crippen molar-refractivity contribution >= 4 is 12.0 Å². The average Bonchev–Trinajstić information content (AvgIpc) is 2.59. The van der Waals surface area contributed by atoms with Crippen molar-refractivity contribution in [3.8, 4) is 0 Å². The van der Waals surface area contributed by atoms with Crippen LogP contribution in [0, 0.1) is 17.5 Å². The first-order valence-corrected chi connectivity index (χ1v) is 9.11. The number of carbonyl (C=O) groups is 2. The number of rotatable bonds is 4. The number of nitrogens with zero attached hydrogens (tertiary/aromatic N) is 1. The Morgan fingerprint density at radius 2 is 1.80 bits per heavy atom. The van der Waals surface area contributed by atoms with E-state index >= 15 is 0 Å². The Kier molecular flexibility index (Phi) is 6.93. The quantitative estimate of drug-likeness (QED) is 0.433. The average molecular weight is 440 g/mol. The van der Waals surface area contributed by atoms with Crippen LogP contribution in [0.15, 0.2) is 12.1 Å². The van der Waals surface area contributed by atoms with Gasteiger partial charge < -0.3 is 15.0 Å². The van der Waals surface area contributed by atoms with E-state index in [2.05, 4.69) is 5.32 Å². The highest BCUT2D eigenvalue weighted by Crippen LogP contribution is 2.37. The van der Waals surface area contributed by atoms with E-state index in [1.54, 1.807) is 0 Å². The van der Waals surface area contributed by atoms with E-state index in [9.17, 15) is 35.9 Å². The van der Waals surface area contributed by atoms with Gasteiger partial charge in [-0.25, -0.2) is 31.1 Å². The van der Waals surface area contributed by atoms with Crippen molar-refractivity contribution < 1.29 is 40.7 Å². The summed E-state index contributed by atoms with van der Waals surface area (Å²) in [4.78, 5) is 24.8. The number of likely N-dealkylation sites (tertiary alicyclic amines) is 1. The molecule has 2 rings (SSSR count). The maximum Gasteiger partial charge on any atom is 0.408 e. The van der Waals surface area contributed by atoms with Crippen LogP contribution < -0.4 is 5.32 Å². The fourth-order valence-corrected chi connectivity index (χ4v) is 3.40. The molecule has 1 saturated heterocycles. The van der Waals surface area contributed by atoms with Crippen molar-refractivity contribution in [3.05, 3.63) is 35.1 Å². The fraction of sp³-hybridized carbons (Fsp3) is 0.579. The maximum absolute atomic E-state index is 14.3. The molecule has 0 aromatic heterocycles. The van der Waals surface area contributed by atoms with E-state index in [1.807, 2.05) is 0 Å². The summed E-state index contributed by atoms with van der Waals surface area (Å²) in [6.07, 6.45) is -8.16. The Labute approximate surface area is 169 Å². The number of alkyl halides is 3. The van der Waals surface area contributed by atoms with Gasteiger partial charge in [0.1, 0.15) is 17.5 Å². The Balaban J connectivity index is 2.45. The lowest BCUT2D eigenvalue weighted by atomic mass is 9.81. The molecule has 1 aliphatic rings. The molecule has 4 atom stereocenters. The summed E-state index contributed by atoms with van der Waals surface area (Å²) in [6, 6.07) is -2.02. The van der Waals surface area contributed by atoms with E-state index in [0.717, 1.165) is 6.92 Å². The van der Waals surface area contributed by atoms with Gasteiger partial charge in [-0.1, -0.05) is 0 Å². The Morgan fingerprint density at radius 3 is 2.33 bits per heavy atom. The molecular formula is C19H22F6N2O3. The number of hydrogen-bond donors (Lipinski definition) is 1. The number of hydrogen-bond acceptors (Lipinski definition) is 3. The summed E-state index contributed by atoms with van der Waals surface area (Å²) in [5.41, 5.74) is -1.52. The molecule has 4 unspecified atom stereocenters. The van der Waals surface area contributed by atoms with Gasteiger partial charge in [-0.3, -0.25) is 4.79 Å². The molecule has 0 spiro atoms. The normalized spacial score (nSPS) is 23.5. The Morgan fingerprint density at radius 1 is 1.20 bits per heavy atom. The zero-order chi connectivity index (χ0) is 23.0. The summed E-state index contributed by atoms with van der Waals surface area (Å²) in [5.74, 6) is -6.59. The first-order chi connectivity index (χ1) is 13.7. The second kappa shape index (κ2) is 8.73. The third-order valence-electron chi connectivity index (χ3n) is 4.65. The number of alkyl carbamates (subject to hydrolysis) is 1. The molecule has 5 nitrogen and oxygen atoms in total. The largest absolute Gasteiger partial charge is 0.444 e. The summed E-state index contributed by atoms with van der Waals surface area (Å²) >= 11 is 0. The third kappa shape index (κ3) is 5.17. The number of piperidine rings is 1. The predicted molar refractivity (Wildman–Crippen MR) is 94.0 cm³/mol. The summed E-state index contributed by atoms with van der Waals surface area (Å²) in [5, 5.41) is 2.14. The number of nitrogens with one attached hydrogen (secondary N) is 1. The molecule has 0 radical (unpaired) electrons. The number of carbonyl (C=O) groups excluding carboxylic acids is 2. The molecule has 1 aromatic carbocycles. The minimum Gasteiger partial charge on any atom is -0.444 e. The molecule has 2 amide bonds. The van der Waals surface area contributed by atoms with Gasteiger partial charge in [0, 0.05) is 18.0 Å². The number of ether oxygens (including phenoxy) is 1. The SMILES string of the molecule is CC1C(c2cc(F)cc(F)c2F)CC(NC(=O)OC(C)(C)C)C(=O)N1C(F)C(F)F. The smallest absolute Gasteiger partial charge is 0.408 e. The van der Waals surface area contributed by atoms with Crippen molar-refractivity contribution in [2.24, 2.45) is 0 Å². The monoisotopic (exact) mass is 440 g/mol. The van der Waals surface area contributed by atoms with Crippen LogP contribution in [-0.4, -0.2) is 47.3 Å². The van der Waals surface area contributed by atoms with Crippen molar-refractivity contribution in [3.63, 3.8) is 0 Å². The standard InChI is InChI=1S/C19H22F6N2O3/c1-8-10(11-5-9(20)6-12(21)14(11)22)7-13(26-18(29)30-19(2,3)4)17(28)27(8)16(25)15(23)24/h5-6,8,10,13,15-16H,7H2,1-4H3,(H,26,29). The number of halogens is 6. The van der Waals surface area contributed by atoms with Crippen LogP contribution in [0.3, 0.4) is 0 Å². The first kappa shape index (κ1) is 23.8. The van der Waals surface area contributed by atoms with Crippen molar-refractivity contribution in [1.29, 1.82) is 0 Å². The second-order valence-corrected chi connectivity index (χ2v) is 8.03. The first-order valence-electron chi connectivity index (χ1n) is 9.11. The molecule has 0 bridgehead atoms. The van der Waals surface area contributed by atoms with E-state index in [0.29, 0.717) is 12.1 Å². The predicted octanol–water partition coefficient (Wildman–Crippen LogP) is 4.26. The molecule has 30 heavy (non-hydrogen) atoms. The molecule has 1 aromatic rings. The molecule has 1 fully saturated rings. The molecule has 168 valence electrons. The van der Waals surface area contributed by atoms with Gasteiger partial charge in [-0.2, -0.15) is 0 Å². The van der Waals surface area contributed by atoms with Crippen LogP contribution >= 0.6 is 0 Å². The molecular weight excluding hydrogens is 418 g/mol. The second-order valence-electron chi connectivity index (χ2n) is 8.03. The van der Waals surface area contributed by atoms with Gasteiger partial charge in [0.05, 0.1) is 0 Å². The van der Waals surface area contributed by atoms with Gasteiger partial charge in [0.15, 0.2) is 11.6 Å². The minimum absolute atomic E-state index is 0.156. The van der Waals surface area contributed by atoms with Gasteiger partial charge in [-0.05, 0) is 45.7 Å².